The Bertz CT molecular complexity index is 922. The van der Waals surface area contributed by atoms with Gasteiger partial charge in [-0.25, -0.2) is 9.18 Å². The highest BCUT2D eigenvalue weighted by atomic mass is 19.1. The van der Waals surface area contributed by atoms with Gasteiger partial charge in [0.15, 0.2) is 5.54 Å². The zero-order valence-corrected chi connectivity index (χ0v) is 15.7. The fourth-order valence-electron chi connectivity index (χ4n) is 3.25. The molecule has 1 aromatic heterocycles. The maximum atomic E-state index is 13.2. The zero-order chi connectivity index (χ0) is 20.6. The number of carbonyl (C=O) groups excluding carboxylic acids is 2. The minimum atomic E-state index is -1.27. The average Bonchev–Trinajstić information content (AvgIpc) is 3.21. The molecular weight excluding hydrogens is 367 g/mol. The summed E-state index contributed by atoms with van der Waals surface area (Å²) in [6.07, 6.45) is 2.81. The van der Waals surface area contributed by atoms with E-state index in [1.54, 1.807) is 19.2 Å². The summed E-state index contributed by atoms with van der Waals surface area (Å²) in [5.41, 5.74) is -0.278. The number of halogens is 1. The Hall–Kier alpha value is -3.23. The second-order valence-electron chi connectivity index (χ2n) is 7.34. The fraction of sp³-hybridized carbons (Fsp3) is 0.368. The number of hydrogen-bond acceptors (Lipinski definition) is 4. The minimum Gasteiger partial charge on any atom is -0.479 e. The van der Waals surface area contributed by atoms with Gasteiger partial charge in [0.25, 0.3) is 0 Å². The van der Waals surface area contributed by atoms with E-state index in [-0.39, 0.29) is 18.2 Å². The van der Waals surface area contributed by atoms with Crippen LogP contribution in [0.5, 0.6) is 0 Å². The van der Waals surface area contributed by atoms with Gasteiger partial charge in [0.05, 0.1) is 23.8 Å². The van der Waals surface area contributed by atoms with Gasteiger partial charge in [-0.2, -0.15) is 5.10 Å². The molecule has 9 heteroatoms. The summed E-state index contributed by atoms with van der Waals surface area (Å²) in [5, 5.41) is 16.0. The molecule has 0 radical (unpaired) electrons. The number of likely N-dealkylation sites (tertiary alicyclic amines) is 1. The summed E-state index contributed by atoms with van der Waals surface area (Å²) in [5.74, 6) is -2.70. The van der Waals surface area contributed by atoms with Gasteiger partial charge in [-0.3, -0.25) is 14.3 Å². The fourth-order valence-corrected chi connectivity index (χ4v) is 3.25. The van der Waals surface area contributed by atoms with E-state index in [2.05, 4.69) is 10.4 Å². The third kappa shape index (κ3) is 3.47. The van der Waals surface area contributed by atoms with Crippen LogP contribution in [0.1, 0.15) is 31.9 Å². The van der Waals surface area contributed by atoms with Crippen molar-refractivity contribution in [2.75, 3.05) is 12.4 Å². The van der Waals surface area contributed by atoms with E-state index in [4.69, 9.17) is 0 Å². The van der Waals surface area contributed by atoms with E-state index in [0.717, 1.165) is 0 Å². The molecule has 1 aromatic carbocycles. The molecule has 1 saturated heterocycles. The van der Waals surface area contributed by atoms with Crippen LogP contribution in [-0.4, -0.2) is 44.6 Å². The quantitative estimate of drug-likeness (QED) is 0.815. The Labute approximate surface area is 160 Å². The van der Waals surface area contributed by atoms with E-state index in [1.165, 1.54) is 48.0 Å². The molecule has 2 amide bonds. The van der Waals surface area contributed by atoms with Gasteiger partial charge in [-0.15, -0.1) is 0 Å². The summed E-state index contributed by atoms with van der Waals surface area (Å²) in [6.45, 7) is 2.98. The summed E-state index contributed by atoms with van der Waals surface area (Å²) in [6, 6.07) is 5.18. The Balaban J connectivity index is 1.81. The number of benzene rings is 1. The first-order valence-corrected chi connectivity index (χ1v) is 8.72. The van der Waals surface area contributed by atoms with E-state index < -0.39 is 29.3 Å². The highest BCUT2D eigenvalue weighted by Gasteiger charge is 2.42. The topological polar surface area (TPSA) is 105 Å². The molecule has 1 fully saturated rings. The number of hydrogen-bond donors (Lipinski definition) is 2. The monoisotopic (exact) mass is 388 g/mol. The van der Waals surface area contributed by atoms with Gasteiger partial charge in [0.2, 0.25) is 11.8 Å². The van der Waals surface area contributed by atoms with Gasteiger partial charge in [-0.05, 0) is 31.5 Å². The van der Waals surface area contributed by atoms with Crippen molar-refractivity contribution in [3.8, 4) is 0 Å². The van der Waals surface area contributed by atoms with Gasteiger partial charge >= 0.3 is 5.97 Å². The highest BCUT2D eigenvalue weighted by Crippen LogP contribution is 2.37. The average molecular weight is 388 g/mol. The Kier molecular flexibility index (Phi) is 4.93. The molecule has 1 aliphatic rings. The van der Waals surface area contributed by atoms with Gasteiger partial charge in [-0.1, -0.05) is 12.1 Å². The van der Waals surface area contributed by atoms with Crippen molar-refractivity contribution in [1.29, 1.82) is 0 Å². The van der Waals surface area contributed by atoms with E-state index in [0.29, 0.717) is 11.3 Å². The van der Waals surface area contributed by atoms with Crippen LogP contribution in [0.15, 0.2) is 36.7 Å². The number of aliphatic carboxylic acids is 1. The summed E-state index contributed by atoms with van der Waals surface area (Å²) < 4.78 is 14.5. The normalized spacial score (nSPS) is 19.7. The first kappa shape index (κ1) is 19.5. The molecule has 28 heavy (non-hydrogen) atoms. The number of nitrogens with zero attached hydrogens (tertiary/aromatic N) is 3. The predicted molar refractivity (Wildman–Crippen MR) is 97.8 cm³/mol. The molecule has 2 atom stereocenters. The van der Waals surface area contributed by atoms with Crippen molar-refractivity contribution in [2.45, 2.75) is 31.8 Å². The van der Waals surface area contributed by atoms with Crippen LogP contribution in [0.4, 0.5) is 10.1 Å². The van der Waals surface area contributed by atoms with Crippen LogP contribution < -0.4 is 5.32 Å². The number of carboxylic acids is 1. The van der Waals surface area contributed by atoms with E-state index in [1.807, 2.05) is 0 Å². The lowest BCUT2D eigenvalue weighted by Gasteiger charge is -2.24. The molecule has 8 nitrogen and oxygen atoms in total. The molecule has 3 rings (SSSR count). The van der Waals surface area contributed by atoms with Crippen molar-refractivity contribution >= 4 is 23.5 Å². The smallest absolute Gasteiger partial charge is 0.331 e. The maximum Gasteiger partial charge on any atom is 0.331 e. The number of anilines is 1. The molecule has 0 bridgehead atoms. The van der Waals surface area contributed by atoms with Crippen molar-refractivity contribution < 1.29 is 23.9 Å². The van der Waals surface area contributed by atoms with Crippen molar-refractivity contribution in [3.63, 3.8) is 0 Å². The Morgan fingerprint density at radius 1 is 1.29 bits per heavy atom. The maximum absolute atomic E-state index is 13.2. The second-order valence-corrected chi connectivity index (χ2v) is 7.34. The molecule has 2 heterocycles. The molecule has 2 unspecified atom stereocenters. The number of rotatable bonds is 5. The Morgan fingerprint density at radius 2 is 1.93 bits per heavy atom. The third-order valence-electron chi connectivity index (χ3n) is 5.08. The first-order chi connectivity index (χ1) is 13.1. The van der Waals surface area contributed by atoms with Crippen LogP contribution in [0.2, 0.25) is 0 Å². The van der Waals surface area contributed by atoms with Crippen LogP contribution >= 0.6 is 0 Å². The van der Waals surface area contributed by atoms with Gasteiger partial charge < -0.3 is 15.3 Å². The van der Waals surface area contributed by atoms with Crippen molar-refractivity contribution in [3.05, 3.63) is 48.0 Å². The zero-order valence-electron chi connectivity index (χ0n) is 15.7. The summed E-state index contributed by atoms with van der Waals surface area (Å²) >= 11 is 0. The summed E-state index contributed by atoms with van der Waals surface area (Å²) in [7, 11) is 1.61. The molecule has 2 N–H and O–H groups in total. The van der Waals surface area contributed by atoms with Crippen molar-refractivity contribution in [1.82, 2.24) is 14.7 Å². The molecule has 148 valence electrons. The SMILES string of the molecule is CN1C(=O)CC(C(=O)Nc2cnn(C(C)(C)C(=O)O)c2)C1c1ccc(F)cc1. The molecule has 1 aliphatic heterocycles. The lowest BCUT2D eigenvalue weighted by atomic mass is 9.93. The number of carboxylic acid groups (broad SMARTS) is 1. The Morgan fingerprint density at radius 3 is 2.54 bits per heavy atom. The van der Waals surface area contributed by atoms with Crippen LogP contribution in [-0.2, 0) is 19.9 Å². The predicted octanol–water partition coefficient (Wildman–Crippen LogP) is 2.00. The number of aromatic nitrogens is 2. The molecule has 0 saturated carbocycles. The van der Waals surface area contributed by atoms with Crippen LogP contribution in [0.3, 0.4) is 0 Å². The highest BCUT2D eigenvalue weighted by molar-refractivity contribution is 5.97. The van der Waals surface area contributed by atoms with E-state index >= 15 is 0 Å². The first-order valence-electron chi connectivity index (χ1n) is 8.72. The van der Waals surface area contributed by atoms with Crippen molar-refractivity contribution in [2.24, 2.45) is 5.92 Å². The number of carbonyl (C=O) groups is 3. The van der Waals surface area contributed by atoms with Crippen LogP contribution in [0, 0.1) is 11.7 Å². The second kappa shape index (κ2) is 7.06. The lowest BCUT2D eigenvalue weighted by Crippen LogP contribution is -2.36. The number of nitrogens with one attached hydrogen (secondary N) is 1. The minimum absolute atomic E-state index is 0.0269. The molecule has 2 aromatic rings. The molecular formula is C19H21FN4O4. The van der Waals surface area contributed by atoms with Gasteiger partial charge in [0, 0.05) is 19.7 Å². The van der Waals surface area contributed by atoms with E-state index in [9.17, 15) is 23.9 Å². The molecule has 0 spiro atoms. The van der Waals surface area contributed by atoms with Crippen LogP contribution in [0.25, 0.3) is 0 Å². The third-order valence-corrected chi connectivity index (χ3v) is 5.08. The largest absolute Gasteiger partial charge is 0.479 e. The van der Waals surface area contributed by atoms with Gasteiger partial charge in [0.1, 0.15) is 5.82 Å². The standard InChI is InChI=1S/C19H21FN4O4/c1-19(2,18(27)28)24-10-13(9-21-24)22-17(26)14-8-15(25)23(3)16(14)11-4-6-12(20)7-5-11/h4-7,9-10,14,16H,8H2,1-3H3,(H,22,26)(H,27,28). The lowest BCUT2D eigenvalue weighted by molar-refractivity contribution is -0.146. The molecule has 0 aliphatic carbocycles. The summed E-state index contributed by atoms with van der Waals surface area (Å²) in [4.78, 5) is 37.8. The number of amides is 2.